The van der Waals surface area contributed by atoms with E-state index in [1.165, 1.54) is 0 Å². The van der Waals surface area contributed by atoms with Crippen LogP contribution in [0.4, 0.5) is 5.69 Å². The lowest BCUT2D eigenvalue weighted by molar-refractivity contribution is 0.0953. The van der Waals surface area contributed by atoms with Crippen molar-refractivity contribution in [3.63, 3.8) is 0 Å². The predicted molar refractivity (Wildman–Crippen MR) is 104 cm³/mol. The van der Waals surface area contributed by atoms with Crippen LogP contribution in [0.2, 0.25) is 0 Å². The number of halogens is 1. The molecule has 7 heteroatoms. The van der Waals surface area contributed by atoms with Crippen LogP contribution in [0.1, 0.15) is 16.8 Å². The van der Waals surface area contributed by atoms with Crippen LogP contribution in [0.5, 0.6) is 5.75 Å². The molecule has 132 valence electrons. The number of anilines is 1. The number of hydrogen-bond acceptors (Lipinski definition) is 3. The molecule has 0 heterocycles. The van der Waals surface area contributed by atoms with Crippen LogP contribution in [0.15, 0.2) is 58.0 Å². The standard InChI is InChI=1S/C18H21BrN4O2/c1-25-16-6-3-2-5-15(16)23-18(20)22-12-4-11-21-17(24)13-7-9-14(19)10-8-13/h2-3,5-10H,4,11-12H2,1H3,(H,21,24)(H3,20,22,23). The van der Waals surface area contributed by atoms with Crippen LogP contribution in [-0.2, 0) is 0 Å². The number of hydrogen-bond donors (Lipinski definition) is 3. The molecule has 2 rings (SSSR count). The van der Waals surface area contributed by atoms with E-state index in [1.54, 1.807) is 19.2 Å². The topological polar surface area (TPSA) is 88.7 Å². The number of amides is 1. The number of methoxy groups -OCH3 is 1. The third-order valence-electron chi connectivity index (χ3n) is 3.38. The van der Waals surface area contributed by atoms with E-state index >= 15 is 0 Å². The Hall–Kier alpha value is -2.54. The van der Waals surface area contributed by atoms with Crippen molar-refractivity contribution in [1.29, 1.82) is 0 Å². The van der Waals surface area contributed by atoms with Gasteiger partial charge in [-0.3, -0.25) is 9.79 Å². The molecule has 0 saturated carbocycles. The van der Waals surface area contributed by atoms with E-state index in [9.17, 15) is 4.79 Å². The Balaban J connectivity index is 1.73. The fourth-order valence-electron chi connectivity index (χ4n) is 2.11. The zero-order valence-electron chi connectivity index (χ0n) is 14.0. The van der Waals surface area contributed by atoms with Gasteiger partial charge in [-0.05, 0) is 42.8 Å². The summed E-state index contributed by atoms with van der Waals surface area (Å²) in [5.74, 6) is 0.905. The van der Waals surface area contributed by atoms with Gasteiger partial charge in [-0.1, -0.05) is 28.1 Å². The molecule has 25 heavy (non-hydrogen) atoms. The SMILES string of the molecule is COc1ccccc1NC(N)=NCCCNC(=O)c1ccc(Br)cc1. The van der Waals surface area contributed by atoms with Crippen molar-refractivity contribution in [2.75, 3.05) is 25.5 Å². The Labute approximate surface area is 155 Å². The Morgan fingerprint density at radius 2 is 1.92 bits per heavy atom. The number of rotatable bonds is 7. The van der Waals surface area contributed by atoms with E-state index in [0.717, 1.165) is 10.2 Å². The summed E-state index contributed by atoms with van der Waals surface area (Å²) in [6, 6.07) is 14.7. The molecule has 0 radical (unpaired) electrons. The summed E-state index contributed by atoms with van der Waals surface area (Å²) < 4.78 is 6.18. The maximum atomic E-state index is 12.0. The molecule has 0 unspecified atom stereocenters. The number of para-hydroxylation sites is 2. The van der Waals surface area contributed by atoms with Gasteiger partial charge in [0, 0.05) is 23.1 Å². The minimum absolute atomic E-state index is 0.100. The van der Waals surface area contributed by atoms with E-state index in [-0.39, 0.29) is 5.91 Å². The van der Waals surface area contributed by atoms with Crippen LogP contribution in [-0.4, -0.2) is 32.1 Å². The van der Waals surface area contributed by atoms with Crippen LogP contribution < -0.4 is 21.1 Å². The van der Waals surface area contributed by atoms with Gasteiger partial charge < -0.3 is 21.1 Å². The highest BCUT2D eigenvalue weighted by Gasteiger charge is 2.04. The molecule has 0 aromatic heterocycles. The number of ether oxygens (including phenoxy) is 1. The quantitative estimate of drug-likeness (QED) is 0.375. The molecule has 2 aromatic carbocycles. The largest absolute Gasteiger partial charge is 0.495 e. The van der Waals surface area contributed by atoms with Crippen LogP contribution in [0.25, 0.3) is 0 Å². The summed E-state index contributed by atoms with van der Waals surface area (Å²) in [5, 5.41) is 5.86. The molecule has 0 saturated heterocycles. The number of benzene rings is 2. The number of nitrogens with one attached hydrogen (secondary N) is 2. The van der Waals surface area contributed by atoms with Gasteiger partial charge >= 0.3 is 0 Å². The van der Waals surface area contributed by atoms with Gasteiger partial charge in [0.15, 0.2) is 5.96 Å². The molecule has 1 amide bonds. The molecule has 0 aliphatic carbocycles. The summed E-state index contributed by atoms with van der Waals surface area (Å²) in [6.07, 6.45) is 0.691. The van der Waals surface area contributed by atoms with Gasteiger partial charge in [-0.15, -0.1) is 0 Å². The average Bonchev–Trinajstić information content (AvgIpc) is 2.62. The van der Waals surface area contributed by atoms with Gasteiger partial charge in [0.1, 0.15) is 5.75 Å². The van der Waals surface area contributed by atoms with Gasteiger partial charge in [0.2, 0.25) is 0 Å². The lowest BCUT2D eigenvalue weighted by atomic mass is 10.2. The molecule has 0 bridgehead atoms. The second-order valence-corrected chi connectivity index (χ2v) is 6.12. The van der Waals surface area contributed by atoms with E-state index in [1.807, 2.05) is 36.4 Å². The Kier molecular flexibility index (Phi) is 7.28. The number of carbonyl (C=O) groups is 1. The van der Waals surface area contributed by atoms with Crippen molar-refractivity contribution in [3.05, 3.63) is 58.6 Å². The van der Waals surface area contributed by atoms with E-state index in [4.69, 9.17) is 10.5 Å². The van der Waals surface area contributed by atoms with Crippen molar-refractivity contribution < 1.29 is 9.53 Å². The fraction of sp³-hybridized carbons (Fsp3) is 0.222. The van der Waals surface area contributed by atoms with E-state index in [2.05, 4.69) is 31.6 Å². The number of carbonyl (C=O) groups excluding carboxylic acids is 1. The molecule has 6 nitrogen and oxygen atoms in total. The molecule has 0 aliphatic heterocycles. The van der Waals surface area contributed by atoms with Crippen molar-refractivity contribution in [2.45, 2.75) is 6.42 Å². The average molecular weight is 405 g/mol. The van der Waals surface area contributed by atoms with Crippen LogP contribution in [0.3, 0.4) is 0 Å². The lowest BCUT2D eigenvalue weighted by Gasteiger charge is -2.10. The first-order valence-corrected chi connectivity index (χ1v) is 8.63. The Bertz CT molecular complexity index is 732. The maximum absolute atomic E-state index is 12.0. The molecule has 0 fully saturated rings. The van der Waals surface area contributed by atoms with Gasteiger partial charge in [0.25, 0.3) is 5.91 Å². The third kappa shape index (κ3) is 6.11. The summed E-state index contributed by atoms with van der Waals surface area (Å²) in [6.45, 7) is 1.04. The Morgan fingerprint density at radius 3 is 2.64 bits per heavy atom. The second kappa shape index (κ2) is 9.68. The van der Waals surface area contributed by atoms with Crippen LogP contribution >= 0.6 is 15.9 Å². The first kappa shape index (κ1) is 18.8. The zero-order chi connectivity index (χ0) is 18.1. The van der Waals surface area contributed by atoms with Crippen molar-refractivity contribution in [1.82, 2.24) is 5.32 Å². The highest BCUT2D eigenvalue weighted by Crippen LogP contribution is 2.22. The highest BCUT2D eigenvalue weighted by atomic mass is 79.9. The van der Waals surface area contributed by atoms with E-state index < -0.39 is 0 Å². The van der Waals surface area contributed by atoms with Crippen molar-refractivity contribution in [2.24, 2.45) is 10.7 Å². The van der Waals surface area contributed by atoms with Gasteiger partial charge in [-0.25, -0.2) is 0 Å². The Morgan fingerprint density at radius 1 is 1.20 bits per heavy atom. The number of nitrogens with two attached hydrogens (primary N) is 1. The number of nitrogens with zero attached hydrogens (tertiary/aromatic N) is 1. The first-order chi connectivity index (χ1) is 12.1. The third-order valence-corrected chi connectivity index (χ3v) is 3.91. The molecule has 0 atom stereocenters. The summed E-state index contributed by atoms with van der Waals surface area (Å²) in [5.41, 5.74) is 7.26. The van der Waals surface area contributed by atoms with Crippen LogP contribution in [0, 0.1) is 0 Å². The summed E-state index contributed by atoms with van der Waals surface area (Å²) in [4.78, 5) is 16.2. The zero-order valence-corrected chi connectivity index (χ0v) is 15.5. The van der Waals surface area contributed by atoms with Crippen molar-refractivity contribution in [3.8, 4) is 5.75 Å². The molecule has 0 aliphatic rings. The fourth-order valence-corrected chi connectivity index (χ4v) is 2.37. The normalized spacial score (nSPS) is 11.0. The number of aliphatic imine (C=N–C) groups is 1. The van der Waals surface area contributed by atoms with E-state index in [0.29, 0.717) is 36.8 Å². The summed E-state index contributed by atoms with van der Waals surface area (Å²) in [7, 11) is 1.60. The predicted octanol–water partition coefficient (Wildman–Crippen LogP) is 3.00. The maximum Gasteiger partial charge on any atom is 0.251 e. The highest BCUT2D eigenvalue weighted by molar-refractivity contribution is 9.10. The monoisotopic (exact) mass is 404 g/mol. The summed E-state index contributed by atoms with van der Waals surface area (Å²) >= 11 is 3.34. The van der Waals surface area contributed by atoms with Gasteiger partial charge in [0.05, 0.1) is 12.8 Å². The molecular weight excluding hydrogens is 384 g/mol. The van der Waals surface area contributed by atoms with Gasteiger partial charge in [-0.2, -0.15) is 0 Å². The minimum Gasteiger partial charge on any atom is -0.495 e. The molecular formula is C18H21BrN4O2. The molecule has 0 spiro atoms. The molecule has 2 aromatic rings. The second-order valence-electron chi connectivity index (χ2n) is 5.21. The first-order valence-electron chi connectivity index (χ1n) is 7.84. The van der Waals surface area contributed by atoms with Crippen molar-refractivity contribution >= 4 is 33.5 Å². The smallest absolute Gasteiger partial charge is 0.251 e. The minimum atomic E-state index is -0.100. The number of guanidine groups is 1. The molecule has 4 N–H and O–H groups in total. The lowest BCUT2D eigenvalue weighted by Crippen LogP contribution is -2.26.